The Morgan fingerprint density at radius 1 is 0.913 bits per heavy atom. The number of carboxylic acid groups (broad SMARTS) is 1. The van der Waals surface area contributed by atoms with E-state index in [-0.39, 0.29) is 0 Å². The molecule has 1 unspecified atom stereocenters. The van der Waals surface area contributed by atoms with E-state index < -0.39 is 11.4 Å². The molecule has 112 valence electrons. The third-order valence-electron chi connectivity index (χ3n) is 4.02. The lowest BCUT2D eigenvalue weighted by atomic mass is 9.83. The van der Waals surface area contributed by atoms with Crippen LogP contribution in [-0.4, -0.2) is 11.1 Å². The fourth-order valence-electron chi connectivity index (χ4n) is 2.55. The SMILES string of the molecule is CC(C#Cc1cccc2ccccc12)(C(=O)O)c1ccccc1. The lowest BCUT2D eigenvalue weighted by Crippen LogP contribution is -2.30. The zero-order valence-corrected chi connectivity index (χ0v) is 12.8. The molecule has 0 saturated carbocycles. The summed E-state index contributed by atoms with van der Waals surface area (Å²) in [6, 6.07) is 23.0. The maximum Gasteiger partial charge on any atom is 0.326 e. The average molecular weight is 300 g/mol. The predicted octanol–water partition coefficient (Wildman–Crippen LogP) is 4.23. The first-order valence-corrected chi connectivity index (χ1v) is 7.41. The standard InChI is InChI=1S/C21H16O2/c1-21(20(22)23,18-11-3-2-4-12-18)15-14-17-10-7-9-16-8-5-6-13-19(16)17/h2-13H,1H3,(H,22,23). The van der Waals surface area contributed by atoms with E-state index in [1.54, 1.807) is 19.1 Å². The van der Waals surface area contributed by atoms with Gasteiger partial charge in [0.2, 0.25) is 0 Å². The van der Waals surface area contributed by atoms with Crippen molar-refractivity contribution < 1.29 is 9.90 Å². The summed E-state index contributed by atoms with van der Waals surface area (Å²) in [6.45, 7) is 1.64. The Morgan fingerprint density at radius 2 is 1.57 bits per heavy atom. The van der Waals surface area contributed by atoms with Crippen LogP contribution in [0.15, 0.2) is 72.8 Å². The highest BCUT2D eigenvalue weighted by molar-refractivity contribution is 5.89. The maximum absolute atomic E-state index is 11.8. The van der Waals surface area contributed by atoms with E-state index in [1.165, 1.54) is 0 Å². The zero-order chi connectivity index (χ0) is 16.3. The highest BCUT2D eigenvalue weighted by atomic mass is 16.4. The molecule has 0 amide bonds. The van der Waals surface area contributed by atoms with Gasteiger partial charge in [-0.25, -0.2) is 0 Å². The Balaban J connectivity index is 2.12. The van der Waals surface area contributed by atoms with Gasteiger partial charge in [0.15, 0.2) is 5.41 Å². The van der Waals surface area contributed by atoms with Gasteiger partial charge in [-0.1, -0.05) is 78.6 Å². The van der Waals surface area contributed by atoms with Crippen molar-refractivity contribution in [1.82, 2.24) is 0 Å². The second kappa shape index (κ2) is 5.98. The number of rotatable bonds is 2. The van der Waals surface area contributed by atoms with Gasteiger partial charge in [0.25, 0.3) is 0 Å². The second-order valence-corrected chi connectivity index (χ2v) is 5.57. The molecule has 0 bridgehead atoms. The minimum absolute atomic E-state index is 0.681. The van der Waals surface area contributed by atoms with Crippen LogP contribution in [0.2, 0.25) is 0 Å². The van der Waals surface area contributed by atoms with Crippen LogP contribution in [0.1, 0.15) is 18.1 Å². The Labute approximate surface area is 135 Å². The summed E-state index contributed by atoms with van der Waals surface area (Å²) >= 11 is 0. The third-order valence-corrected chi connectivity index (χ3v) is 4.02. The smallest absolute Gasteiger partial charge is 0.326 e. The number of carboxylic acids is 1. The maximum atomic E-state index is 11.8. The summed E-state index contributed by atoms with van der Waals surface area (Å²) in [4.78, 5) is 11.8. The van der Waals surface area contributed by atoms with Gasteiger partial charge >= 0.3 is 5.97 Å². The van der Waals surface area contributed by atoms with Crippen molar-refractivity contribution in [1.29, 1.82) is 0 Å². The number of aliphatic carboxylic acids is 1. The third kappa shape index (κ3) is 2.82. The van der Waals surface area contributed by atoms with Crippen LogP contribution in [0.25, 0.3) is 10.8 Å². The summed E-state index contributed by atoms with van der Waals surface area (Å²) in [6.07, 6.45) is 0. The van der Waals surface area contributed by atoms with Crippen molar-refractivity contribution in [2.24, 2.45) is 0 Å². The van der Waals surface area contributed by atoms with Crippen molar-refractivity contribution in [3.05, 3.63) is 83.9 Å². The topological polar surface area (TPSA) is 37.3 Å². The molecule has 23 heavy (non-hydrogen) atoms. The highest BCUT2D eigenvalue weighted by Gasteiger charge is 2.33. The normalized spacial score (nSPS) is 12.9. The molecule has 0 spiro atoms. The number of hydrogen-bond acceptors (Lipinski definition) is 1. The molecule has 3 aromatic rings. The zero-order valence-electron chi connectivity index (χ0n) is 12.8. The molecule has 1 atom stereocenters. The summed E-state index contributed by atoms with van der Waals surface area (Å²) in [5.74, 6) is 5.10. The molecule has 0 radical (unpaired) electrons. The quantitative estimate of drug-likeness (QED) is 0.719. The van der Waals surface area contributed by atoms with Gasteiger partial charge in [0.05, 0.1) is 0 Å². The van der Waals surface area contributed by atoms with Gasteiger partial charge in [-0.15, -0.1) is 0 Å². The van der Waals surface area contributed by atoms with Gasteiger partial charge in [0.1, 0.15) is 0 Å². The lowest BCUT2D eigenvalue weighted by molar-refractivity contribution is -0.140. The van der Waals surface area contributed by atoms with E-state index >= 15 is 0 Å². The highest BCUT2D eigenvalue weighted by Crippen LogP contribution is 2.24. The van der Waals surface area contributed by atoms with Gasteiger partial charge in [-0.05, 0) is 29.3 Å². The van der Waals surface area contributed by atoms with Gasteiger partial charge in [0, 0.05) is 5.56 Å². The summed E-state index contributed by atoms with van der Waals surface area (Å²) < 4.78 is 0. The minimum Gasteiger partial charge on any atom is -0.480 e. The van der Waals surface area contributed by atoms with E-state index in [0.29, 0.717) is 5.56 Å². The molecule has 0 fully saturated rings. The van der Waals surface area contributed by atoms with E-state index in [1.807, 2.05) is 60.7 Å². The van der Waals surface area contributed by atoms with Crippen LogP contribution in [0.4, 0.5) is 0 Å². The molecule has 1 N–H and O–H groups in total. The van der Waals surface area contributed by atoms with Crippen LogP contribution in [0.3, 0.4) is 0 Å². The predicted molar refractivity (Wildman–Crippen MR) is 92.3 cm³/mol. The number of hydrogen-bond donors (Lipinski definition) is 1. The minimum atomic E-state index is -1.24. The summed E-state index contributed by atoms with van der Waals surface area (Å²) in [5.41, 5.74) is 0.282. The molecule has 2 heteroatoms. The molecule has 0 heterocycles. The van der Waals surface area contributed by atoms with Crippen LogP contribution >= 0.6 is 0 Å². The van der Waals surface area contributed by atoms with Crippen molar-refractivity contribution in [2.75, 3.05) is 0 Å². The van der Waals surface area contributed by atoms with Crippen LogP contribution in [0.5, 0.6) is 0 Å². The molecule has 0 aliphatic rings. The van der Waals surface area contributed by atoms with E-state index in [4.69, 9.17) is 0 Å². The van der Waals surface area contributed by atoms with Crippen molar-refractivity contribution in [3.63, 3.8) is 0 Å². The molecule has 3 rings (SSSR count). The molecular formula is C21H16O2. The van der Waals surface area contributed by atoms with Crippen LogP contribution in [-0.2, 0) is 10.2 Å². The number of benzene rings is 3. The van der Waals surface area contributed by atoms with Crippen molar-refractivity contribution in [2.45, 2.75) is 12.3 Å². The number of fused-ring (bicyclic) bond motifs is 1. The molecule has 0 saturated heterocycles. The second-order valence-electron chi connectivity index (χ2n) is 5.57. The van der Waals surface area contributed by atoms with Gasteiger partial charge in [-0.3, -0.25) is 4.79 Å². The first-order chi connectivity index (χ1) is 11.1. The molecule has 0 aliphatic carbocycles. The van der Waals surface area contributed by atoms with E-state index in [9.17, 15) is 9.90 Å². The fraction of sp³-hybridized carbons (Fsp3) is 0.0952. The molecule has 0 aromatic heterocycles. The Kier molecular flexibility index (Phi) is 3.87. The monoisotopic (exact) mass is 300 g/mol. The van der Waals surface area contributed by atoms with E-state index in [2.05, 4.69) is 11.8 Å². The van der Waals surface area contributed by atoms with E-state index in [0.717, 1.165) is 16.3 Å². The van der Waals surface area contributed by atoms with Gasteiger partial charge in [-0.2, -0.15) is 0 Å². The fourth-order valence-corrected chi connectivity index (χ4v) is 2.55. The summed E-state index contributed by atoms with van der Waals surface area (Å²) in [5, 5.41) is 11.8. The molecule has 0 aliphatic heterocycles. The Morgan fingerprint density at radius 3 is 2.30 bits per heavy atom. The number of carbonyl (C=O) groups is 1. The Hall–Kier alpha value is -3.05. The van der Waals surface area contributed by atoms with Crippen LogP contribution < -0.4 is 0 Å². The molecule has 2 nitrogen and oxygen atoms in total. The largest absolute Gasteiger partial charge is 0.480 e. The Bertz CT molecular complexity index is 911. The van der Waals surface area contributed by atoms with Crippen molar-refractivity contribution >= 4 is 16.7 Å². The summed E-state index contributed by atoms with van der Waals surface area (Å²) in [7, 11) is 0. The van der Waals surface area contributed by atoms with Crippen LogP contribution in [0, 0.1) is 11.8 Å². The molecule has 3 aromatic carbocycles. The van der Waals surface area contributed by atoms with Crippen molar-refractivity contribution in [3.8, 4) is 11.8 Å². The van der Waals surface area contributed by atoms with Gasteiger partial charge < -0.3 is 5.11 Å². The molecular weight excluding hydrogens is 284 g/mol. The average Bonchev–Trinajstić information content (AvgIpc) is 2.60. The lowest BCUT2D eigenvalue weighted by Gasteiger charge is -2.18. The first kappa shape index (κ1) is 14.9. The first-order valence-electron chi connectivity index (χ1n) is 7.41.